The van der Waals surface area contributed by atoms with Gasteiger partial charge in [-0.1, -0.05) is 0 Å². The summed E-state index contributed by atoms with van der Waals surface area (Å²) in [6, 6.07) is 2.05. The summed E-state index contributed by atoms with van der Waals surface area (Å²) in [6.07, 6.45) is 0.841. The second kappa shape index (κ2) is 5.40. The highest BCUT2D eigenvalue weighted by atomic mass is 19.3. The average Bonchev–Trinajstić information content (AvgIpc) is 3.09. The fourth-order valence-electron chi connectivity index (χ4n) is 4.06. The van der Waals surface area contributed by atoms with Crippen LogP contribution in [-0.4, -0.2) is 42.6 Å². The number of hydrogen-bond acceptors (Lipinski definition) is 7. The molecule has 3 aliphatic rings. The molecule has 1 saturated heterocycles. The number of halogens is 2. The van der Waals surface area contributed by atoms with Crippen molar-refractivity contribution >= 4 is 17.9 Å². The van der Waals surface area contributed by atoms with E-state index in [0.29, 0.717) is 19.8 Å². The smallest absolute Gasteiger partial charge is 0.376 e. The summed E-state index contributed by atoms with van der Waals surface area (Å²) in [5.74, 6) is -8.42. The monoisotopic (exact) mass is 343 g/mol. The third-order valence-corrected chi connectivity index (χ3v) is 4.98. The van der Waals surface area contributed by atoms with E-state index in [9.17, 15) is 28.4 Å². The molecule has 0 aromatic rings. The van der Waals surface area contributed by atoms with E-state index in [1.807, 2.05) is 6.07 Å². The van der Waals surface area contributed by atoms with Crippen LogP contribution in [0.1, 0.15) is 19.8 Å². The van der Waals surface area contributed by atoms with Gasteiger partial charge in [-0.15, -0.1) is 0 Å². The molecule has 0 amide bonds. The van der Waals surface area contributed by atoms with Crippen molar-refractivity contribution in [2.75, 3.05) is 13.2 Å². The first-order chi connectivity index (χ1) is 11.2. The first kappa shape index (κ1) is 16.6. The Morgan fingerprint density at radius 3 is 2.71 bits per heavy atom. The lowest BCUT2D eigenvalue weighted by molar-refractivity contribution is -0.173. The summed E-state index contributed by atoms with van der Waals surface area (Å²) >= 11 is 0. The van der Waals surface area contributed by atoms with Crippen molar-refractivity contribution in [2.24, 2.45) is 23.7 Å². The first-order valence-corrected chi connectivity index (χ1v) is 7.55. The number of nitriles is 1. The minimum absolute atomic E-state index is 0.180. The van der Waals surface area contributed by atoms with Gasteiger partial charge >= 0.3 is 23.8 Å². The van der Waals surface area contributed by atoms with Gasteiger partial charge in [0.15, 0.2) is 0 Å². The Morgan fingerprint density at radius 2 is 2.08 bits per heavy atom. The summed E-state index contributed by atoms with van der Waals surface area (Å²) in [7, 11) is 0. The van der Waals surface area contributed by atoms with Gasteiger partial charge in [0.1, 0.15) is 19.3 Å². The van der Waals surface area contributed by atoms with Gasteiger partial charge in [0.25, 0.3) is 0 Å². The topological polar surface area (TPSA) is 103 Å². The Morgan fingerprint density at radius 1 is 1.42 bits per heavy atom. The molecule has 1 aliphatic heterocycles. The maximum absolute atomic E-state index is 12.6. The highest BCUT2D eigenvalue weighted by Crippen LogP contribution is 2.62. The van der Waals surface area contributed by atoms with E-state index in [1.54, 1.807) is 0 Å². The molecule has 1 heterocycles. The number of fused-ring (bicyclic) bond motifs is 1. The van der Waals surface area contributed by atoms with Gasteiger partial charge in [-0.05, 0) is 12.3 Å². The summed E-state index contributed by atoms with van der Waals surface area (Å²) in [5.41, 5.74) is -1.12. The molecule has 2 aliphatic carbocycles. The molecule has 3 fully saturated rings. The van der Waals surface area contributed by atoms with Crippen LogP contribution >= 0.6 is 0 Å². The minimum atomic E-state index is -3.61. The van der Waals surface area contributed by atoms with Crippen molar-refractivity contribution < 1.29 is 37.4 Å². The Bertz CT molecular complexity index is 639. The van der Waals surface area contributed by atoms with Gasteiger partial charge in [0.2, 0.25) is 5.60 Å². The molecule has 9 heteroatoms. The molecule has 7 nitrogen and oxygen atoms in total. The zero-order valence-corrected chi connectivity index (χ0v) is 12.8. The Balaban J connectivity index is 1.54. The average molecular weight is 343 g/mol. The van der Waals surface area contributed by atoms with Crippen LogP contribution in [0.15, 0.2) is 0 Å². The van der Waals surface area contributed by atoms with Gasteiger partial charge in [-0.25, -0.2) is 4.79 Å². The fourth-order valence-corrected chi connectivity index (χ4v) is 4.06. The third kappa shape index (κ3) is 2.41. The van der Waals surface area contributed by atoms with Gasteiger partial charge < -0.3 is 14.2 Å². The molecular formula is C15H15F2NO6. The number of rotatable bonds is 5. The van der Waals surface area contributed by atoms with E-state index >= 15 is 0 Å². The highest BCUT2D eigenvalue weighted by Gasteiger charge is 2.72. The maximum Gasteiger partial charge on any atom is 0.376 e. The maximum atomic E-state index is 12.6. The van der Waals surface area contributed by atoms with Crippen LogP contribution in [0.4, 0.5) is 8.78 Å². The molecule has 2 bridgehead atoms. The zero-order valence-electron chi connectivity index (χ0n) is 12.8. The van der Waals surface area contributed by atoms with E-state index in [0.717, 1.165) is 0 Å². The van der Waals surface area contributed by atoms with Gasteiger partial charge in [0.05, 0.1) is 11.8 Å². The molecule has 0 aromatic carbocycles. The summed E-state index contributed by atoms with van der Waals surface area (Å²) in [4.78, 5) is 35.0. The van der Waals surface area contributed by atoms with Crippen LogP contribution in [0.2, 0.25) is 0 Å². The van der Waals surface area contributed by atoms with E-state index < -0.39 is 47.9 Å². The summed E-state index contributed by atoms with van der Waals surface area (Å²) in [5, 5.41) is 9.25. The molecule has 130 valence electrons. The van der Waals surface area contributed by atoms with Crippen molar-refractivity contribution in [1.29, 1.82) is 5.26 Å². The van der Waals surface area contributed by atoms with Crippen LogP contribution in [0.3, 0.4) is 0 Å². The van der Waals surface area contributed by atoms with E-state index in [1.165, 1.54) is 0 Å². The summed E-state index contributed by atoms with van der Waals surface area (Å²) < 4.78 is 39.6. The predicted molar refractivity (Wildman–Crippen MR) is 70.2 cm³/mol. The Labute approximate surface area is 135 Å². The number of carbonyl (C=O) groups is 3. The van der Waals surface area contributed by atoms with Gasteiger partial charge in [0, 0.05) is 19.3 Å². The largest absolute Gasteiger partial charge is 0.462 e. The Hall–Kier alpha value is -2.24. The third-order valence-electron chi connectivity index (χ3n) is 4.98. The van der Waals surface area contributed by atoms with Crippen LogP contribution in [-0.2, 0) is 28.6 Å². The fraction of sp³-hybridized carbons (Fsp3) is 0.733. The SMILES string of the molecule is CC(F)(F)C(=O)OCCOC(=O)C1C2CC3C1C(=O)OC3(C#N)C2. The number of hydrogen-bond donors (Lipinski definition) is 0. The molecule has 5 unspecified atom stereocenters. The molecule has 5 atom stereocenters. The quantitative estimate of drug-likeness (QED) is 0.413. The normalized spacial score (nSPS) is 36.2. The number of esters is 3. The number of carbonyl (C=O) groups excluding carboxylic acids is 3. The standard InChI is InChI=1S/C15H15F2NO6/c1-14(16,17)13(21)23-3-2-22-11(19)9-7-4-8-10(9)12(20)24-15(8,5-7)6-18/h7-10H,2-5H2,1H3. The summed E-state index contributed by atoms with van der Waals surface area (Å²) in [6.45, 7) is -0.463. The zero-order chi connectivity index (χ0) is 17.7. The first-order valence-electron chi connectivity index (χ1n) is 7.55. The molecule has 0 aromatic heterocycles. The molecule has 2 saturated carbocycles. The molecule has 0 spiro atoms. The van der Waals surface area contributed by atoms with E-state index in [-0.39, 0.29) is 18.4 Å². The lowest BCUT2D eigenvalue weighted by Gasteiger charge is -2.26. The van der Waals surface area contributed by atoms with Crippen LogP contribution in [0.25, 0.3) is 0 Å². The highest BCUT2D eigenvalue weighted by molar-refractivity contribution is 5.87. The molecule has 3 rings (SSSR count). The van der Waals surface area contributed by atoms with Crippen molar-refractivity contribution in [3.8, 4) is 6.07 Å². The van der Waals surface area contributed by atoms with Crippen molar-refractivity contribution in [2.45, 2.75) is 31.3 Å². The number of ether oxygens (including phenoxy) is 3. The lowest BCUT2D eigenvalue weighted by Crippen LogP contribution is -2.39. The molecule has 0 radical (unpaired) electrons. The molecule has 0 N–H and O–H groups in total. The number of alkyl halides is 2. The second-order valence-corrected chi connectivity index (χ2v) is 6.47. The Kier molecular flexibility index (Phi) is 3.73. The van der Waals surface area contributed by atoms with E-state index in [2.05, 4.69) is 4.74 Å². The number of nitrogens with zero attached hydrogens (tertiary/aromatic N) is 1. The van der Waals surface area contributed by atoms with E-state index in [4.69, 9.17) is 9.47 Å². The molecular weight excluding hydrogens is 328 g/mol. The van der Waals surface area contributed by atoms with Crippen LogP contribution in [0.5, 0.6) is 0 Å². The molecule has 24 heavy (non-hydrogen) atoms. The van der Waals surface area contributed by atoms with Crippen LogP contribution in [0, 0.1) is 35.0 Å². The van der Waals surface area contributed by atoms with Gasteiger partial charge in [-0.2, -0.15) is 14.0 Å². The van der Waals surface area contributed by atoms with Crippen LogP contribution < -0.4 is 0 Å². The van der Waals surface area contributed by atoms with Crippen molar-refractivity contribution in [1.82, 2.24) is 0 Å². The van der Waals surface area contributed by atoms with Gasteiger partial charge in [-0.3, -0.25) is 9.59 Å². The predicted octanol–water partition coefficient (Wildman–Crippen LogP) is 0.819. The van der Waals surface area contributed by atoms with Crippen molar-refractivity contribution in [3.63, 3.8) is 0 Å². The minimum Gasteiger partial charge on any atom is -0.462 e. The lowest BCUT2D eigenvalue weighted by atomic mass is 9.74. The van der Waals surface area contributed by atoms with Crippen molar-refractivity contribution in [3.05, 3.63) is 0 Å². The second-order valence-electron chi connectivity index (χ2n) is 6.47.